The monoisotopic (exact) mass is 397 g/mol. The van der Waals surface area contributed by atoms with Crippen LogP contribution in [-0.2, 0) is 16.0 Å². The maximum absolute atomic E-state index is 12.6. The second-order valence-electron chi connectivity index (χ2n) is 7.28. The van der Waals surface area contributed by atoms with E-state index in [0.29, 0.717) is 12.5 Å². The van der Waals surface area contributed by atoms with Crippen molar-refractivity contribution in [1.82, 2.24) is 15.2 Å². The van der Waals surface area contributed by atoms with E-state index in [4.69, 9.17) is 4.98 Å². The molecule has 1 atom stereocenters. The van der Waals surface area contributed by atoms with Gasteiger partial charge in [0.15, 0.2) is 0 Å². The van der Waals surface area contributed by atoms with Gasteiger partial charge in [0.25, 0.3) is 0 Å². The van der Waals surface area contributed by atoms with Crippen molar-refractivity contribution in [3.63, 3.8) is 0 Å². The van der Waals surface area contributed by atoms with Crippen LogP contribution in [0.2, 0.25) is 0 Å². The smallest absolute Gasteiger partial charge is 0.246 e. The van der Waals surface area contributed by atoms with E-state index >= 15 is 0 Å². The SMILES string of the molecule is CC(=O)NCCc1csc(C2CCCN(C(=O)C=Cc3ccc(C)cc3)C2)n1. The third kappa shape index (κ3) is 5.76. The van der Waals surface area contributed by atoms with Crippen LogP contribution in [0.5, 0.6) is 0 Å². The highest BCUT2D eigenvalue weighted by atomic mass is 32.1. The number of hydrogen-bond donors (Lipinski definition) is 1. The van der Waals surface area contributed by atoms with E-state index in [9.17, 15) is 9.59 Å². The summed E-state index contributed by atoms with van der Waals surface area (Å²) in [4.78, 5) is 30.2. The van der Waals surface area contributed by atoms with Gasteiger partial charge in [-0.3, -0.25) is 9.59 Å². The van der Waals surface area contributed by atoms with Gasteiger partial charge in [-0.05, 0) is 31.4 Å². The summed E-state index contributed by atoms with van der Waals surface area (Å²) in [5.74, 6) is 0.341. The number of nitrogens with one attached hydrogen (secondary N) is 1. The molecule has 3 rings (SSSR count). The molecule has 2 amide bonds. The molecule has 0 bridgehead atoms. The number of carbonyl (C=O) groups is 2. The minimum atomic E-state index is -0.0180. The van der Waals surface area contributed by atoms with Crippen LogP contribution < -0.4 is 5.32 Å². The molecule has 1 aliphatic rings. The lowest BCUT2D eigenvalue weighted by Gasteiger charge is -2.31. The molecule has 1 unspecified atom stereocenters. The number of thiazole rings is 1. The topological polar surface area (TPSA) is 62.3 Å². The summed E-state index contributed by atoms with van der Waals surface area (Å²) < 4.78 is 0. The van der Waals surface area contributed by atoms with Gasteiger partial charge in [-0.1, -0.05) is 29.8 Å². The molecule has 0 saturated carbocycles. The number of rotatable bonds is 6. The molecule has 6 heteroatoms. The third-order valence-corrected chi connectivity index (χ3v) is 5.96. The van der Waals surface area contributed by atoms with E-state index < -0.39 is 0 Å². The van der Waals surface area contributed by atoms with E-state index in [1.807, 2.05) is 35.2 Å². The predicted octanol–water partition coefficient (Wildman–Crippen LogP) is 3.55. The average Bonchev–Trinajstić information content (AvgIpc) is 3.16. The van der Waals surface area contributed by atoms with Crippen molar-refractivity contribution in [3.05, 3.63) is 57.6 Å². The zero-order valence-electron chi connectivity index (χ0n) is 16.5. The van der Waals surface area contributed by atoms with E-state index in [-0.39, 0.29) is 11.8 Å². The molecule has 2 heterocycles. The number of piperidine rings is 1. The number of likely N-dealkylation sites (tertiary alicyclic amines) is 1. The lowest BCUT2D eigenvalue weighted by Crippen LogP contribution is -2.38. The number of amides is 2. The number of carbonyl (C=O) groups excluding carboxylic acids is 2. The van der Waals surface area contributed by atoms with Crippen molar-refractivity contribution < 1.29 is 9.59 Å². The van der Waals surface area contributed by atoms with Gasteiger partial charge in [-0.2, -0.15) is 0 Å². The molecular weight excluding hydrogens is 370 g/mol. The maximum atomic E-state index is 12.6. The van der Waals surface area contributed by atoms with Gasteiger partial charge in [-0.15, -0.1) is 11.3 Å². The number of hydrogen-bond acceptors (Lipinski definition) is 4. The predicted molar refractivity (Wildman–Crippen MR) is 113 cm³/mol. The maximum Gasteiger partial charge on any atom is 0.246 e. The second kappa shape index (κ2) is 9.64. The van der Waals surface area contributed by atoms with Gasteiger partial charge in [0.2, 0.25) is 11.8 Å². The highest BCUT2D eigenvalue weighted by Gasteiger charge is 2.25. The average molecular weight is 398 g/mol. The summed E-state index contributed by atoms with van der Waals surface area (Å²) in [6.45, 7) is 5.70. The first-order chi connectivity index (χ1) is 13.5. The fourth-order valence-corrected chi connectivity index (χ4v) is 4.30. The van der Waals surface area contributed by atoms with Crippen LogP contribution in [0.25, 0.3) is 6.08 Å². The quantitative estimate of drug-likeness (QED) is 0.758. The second-order valence-corrected chi connectivity index (χ2v) is 8.17. The Bertz CT molecular complexity index is 842. The van der Waals surface area contributed by atoms with Crippen molar-refractivity contribution in [2.45, 2.75) is 39.0 Å². The first-order valence-electron chi connectivity index (χ1n) is 9.73. The highest BCUT2D eigenvalue weighted by molar-refractivity contribution is 7.09. The third-order valence-electron chi connectivity index (χ3n) is 4.90. The van der Waals surface area contributed by atoms with Gasteiger partial charge in [-0.25, -0.2) is 4.98 Å². The van der Waals surface area contributed by atoms with Crippen molar-refractivity contribution in [2.24, 2.45) is 0 Å². The molecule has 2 aromatic rings. The lowest BCUT2D eigenvalue weighted by atomic mass is 9.98. The molecule has 1 N–H and O–H groups in total. The summed E-state index contributed by atoms with van der Waals surface area (Å²) in [6.07, 6.45) is 6.35. The fraction of sp³-hybridized carbons (Fsp3) is 0.409. The molecule has 28 heavy (non-hydrogen) atoms. The number of benzene rings is 1. The largest absolute Gasteiger partial charge is 0.356 e. The molecule has 1 aromatic heterocycles. The zero-order valence-corrected chi connectivity index (χ0v) is 17.3. The molecular formula is C22H27N3O2S. The lowest BCUT2D eigenvalue weighted by molar-refractivity contribution is -0.127. The van der Waals surface area contributed by atoms with Crippen LogP contribution in [0.4, 0.5) is 0 Å². The van der Waals surface area contributed by atoms with Crippen LogP contribution in [0.15, 0.2) is 35.7 Å². The summed E-state index contributed by atoms with van der Waals surface area (Å²) in [6, 6.07) is 8.15. The van der Waals surface area contributed by atoms with Gasteiger partial charge in [0.05, 0.1) is 10.7 Å². The standard InChI is InChI=1S/C22H27N3O2S/c1-16-5-7-18(8-6-16)9-10-21(27)25-13-3-4-19(14-25)22-24-20(15-28-22)11-12-23-17(2)26/h5-10,15,19H,3-4,11-14H2,1-2H3,(H,23,26). The molecule has 1 saturated heterocycles. The molecule has 1 fully saturated rings. The number of nitrogens with zero attached hydrogens (tertiary/aromatic N) is 2. The van der Waals surface area contributed by atoms with Crippen molar-refractivity contribution >= 4 is 29.2 Å². The summed E-state index contributed by atoms with van der Waals surface area (Å²) in [7, 11) is 0. The Morgan fingerprint density at radius 2 is 2.11 bits per heavy atom. The Hall–Kier alpha value is -2.47. The number of aryl methyl sites for hydroxylation is 1. The van der Waals surface area contributed by atoms with Crippen LogP contribution in [0.1, 0.15) is 47.5 Å². The summed E-state index contributed by atoms with van der Waals surface area (Å²) in [5.41, 5.74) is 3.26. The zero-order chi connectivity index (χ0) is 19.9. The first kappa shape index (κ1) is 20.3. The van der Waals surface area contributed by atoms with Crippen molar-refractivity contribution in [3.8, 4) is 0 Å². The summed E-state index contributed by atoms with van der Waals surface area (Å²) >= 11 is 1.66. The van der Waals surface area contributed by atoms with E-state index in [2.05, 4.69) is 17.6 Å². The van der Waals surface area contributed by atoms with Crippen LogP contribution >= 0.6 is 11.3 Å². The Balaban J connectivity index is 1.56. The molecule has 0 aliphatic carbocycles. The molecule has 148 valence electrons. The van der Waals surface area contributed by atoms with Crippen LogP contribution in [0, 0.1) is 6.92 Å². The minimum absolute atomic E-state index is 0.0180. The Labute approximate surface area is 170 Å². The molecule has 0 spiro atoms. The Kier molecular flexibility index (Phi) is 6.98. The van der Waals surface area contributed by atoms with Crippen molar-refractivity contribution in [1.29, 1.82) is 0 Å². The van der Waals surface area contributed by atoms with E-state index in [0.717, 1.165) is 48.6 Å². The summed E-state index contributed by atoms with van der Waals surface area (Å²) in [5, 5.41) is 5.96. The van der Waals surface area contributed by atoms with Crippen LogP contribution in [0.3, 0.4) is 0 Å². The first-order valence-corrected chi connectivity index (χ1v) is 10.6. The van der Waals surface area contributed by atoms with Gasteiger partial charge in [0, 0.05) is 50.4 Å². The molecule has 1 aromatic carbocycles. The highest BCUT2D eigenvalue weighted by Crippen LogP contribution is 2.29. The van der Waals surface area contributed by atoms with Gasteiger partial charge >= 0.3 is 0 Å². The van der Waals surface area contributed by atoms with Crippen LogP contribution in [-0.4, -0.2) is 41.3 Å². The Morgan fingerprint density at radius 1 is 1.32 bits per heavy atom. The van der Waals surface area contributed by atoms with E-state index in [1.54, 1.807) is 17.4 Å². The minimum Gasteiger partial charge on any atom is -0.356 e. The molecule has 5 nitrogen and oxygen atoms in total. The van der Waals surface area contributed by atoms with Gasteiger partial charge < -0.3 is 10.2 Å². The molecule has 0 radical (unpaired) electrons. The van der Waals surface area contributed by atoms with E-state index in [1.165, 1.54) is 12.5 Å². The number of aromatic nitrogens is 1. The fourth-order valence-electron chi connectivity index (χ4n) is 3.32. The van der Waals surface area contributed by atoms with Gasteiger partial charge in [0.1, 0.15) is 0 Å². The van der Waals surface area contributed by atoms with Crippen molar-refractivity contribution in [2.75, 3.05) is 19.6 Å². The Morgan fingerprint density at radius 3 is 2.86 bits per heavy atom. The normalized spacial score (nSPS) is 17.1. The molecule has 1 aliphatic heterocycles.